The fourth-order valence-electron chi connectivity index (χ4n) is 2.57. The molecule has 1 aliphatic heterocycles. The number of hydrogen-bond donors (Lipinski definition) is 2. The van der Waals surface area contributed by atoms with Crippen LogP contribution in [0.1, 0.15) is 30.7 Å². The molecule has 0 bridgehead atoms. The van der Waals surface area contributed by atoms with Gasteiger partial charge in [-0.15, -0.1) is 0 Å². The molecule has 7 heteroatoms. The Morgan fingerprint density at radius 1 is 1.29 bits per heavy atom. The van der Waals surface area contributed by atoms with E-state index in [0.29, 0.717) is 12.3 Å². The molecule has 0 radical (unpaired) electrons. The van der Waals surface area contributed by atoms with Crippen LogP contribution in [-0.4, -0.2) is 38.2 Å². The van der Waals surface area contributed by atoms with Crippen LogP contribution in [0.15, 0.2) is 29.2 Å². The van der Waals surface area contributed by atoms with Crippen molar-refractivity contribution in [2.45, 2.75) is 42.2 Å². The summed E-state index contributed by atoms with van der Waals surface area (Å²) in [7, 11) is -3.73. The fraction of sp³-hybridized carbons (Fsp3) is 0.500. The van der Waals surface area contributed by atoms with Crippen molar-refractivity contribution in [1.29, 1.82) is 0 Å². The van der Waals surface area contributed by atoms with Crippen molar-refractivity contribution in [2.75, 3.05) is 6.61 Å². The van der Waals surface area contributed by atoms with Crippen LogP contribution in [0.25, 0.3) is 0 Å². The maximum Gasteiger partial charge on any atom is 0.334 e. The normalized spacial score (nSPS) is 25.9. The van der Waals surface area contributed by atoms with Gasteiger partial charge >= 0.3 is 5.97 Å². The molecule has 114 valence electrons. The smallest absolute Gasteiger partial charge is 0.334 e. The highest BCUT2D eigenvalue weighted by molar-refractivity contribution is 7.89. The summed E-state index contributed by atoms with van der Waals surface area (Å²) in [6.07, 6.45) is 1.42. The lowest BCUT2D eigenvalue weighted by atomic mass is 10.1. The Morgan fingerprint density at radius 3 is 2.71 bits per heavy atom. The van der Waals surface area contributed by atoms with E-state index in [4.69, 9.17) is 9.84 Å². The van der Waals surface area contributed by atoms with E-state index in [0.717, 1.165) is 18.4 Å². The summed E-state index contributed by atoms with van der Waals surface area (Å²) in [6, 6.07) is 6.13. The maximum absolute atomic E-state index is 12.4. The van der Waals surface area contributed by atoms with Gasteiger partial charge in [0.1, 0.15) is 0 Å². The molecule has 1 aromatic carbocycles. The van der Waals surface area contributed by atoms with Gasteiger partial charge in [0.25, 0.3) is 0 Å². The van der Waals surface area contributed by atoms with Gasteiger partial charge in [0, 0.05) is 6.61 Å². The molecule has 1 heterocycles. The molecule has 1 aliphatic carbocycles. The molecule has 2 fully saturated rings. The van der Waals surface area contributed by atoms with Crippen LogP contribution >= 0.6 is 0 Å². The number of benzene rings is 1. The SMILES string of the molecule is O=C(O)[C@@H]1OCC[C@@H]1NS(=O)(=O)c1cccc(C2CC2)c1. The van der Waals surface area contributed by atoms with Crippen LogP contribution in [0.2, 0.25) is 0 Å². The van der Waals surface area contributed by atoms with Gasteiger partial charge in [-0.3, -0.25) is 0 Å². The summed E-state index contributed by atoms with van der Waals surface area (Å²) < 4.78 is 32.3. The zero-order valence-corrected chi connectivity index (χ0v) is 12.2. The van der Waals surface area contributed by atoms with E-state index in [1.165, 1.54) is 6.07 Å². The first-order valence-corrected chi connectivity index (χ1v) is 8.42. The molecule has 21 heavy (non-hydrogen) atoms. The quantitative estimate of drug-likeness (QED) is 0.849. The zero-order valence-electron chi connectivity index (χ0n) is 11.4. The van der Waals surface area contributed by atoms with E-state index in [9.17, 15) is 13.2 Å². The number of nitrogens with one attached hydrogen (secondary N) is 1. The van der Waals surface area contributed by atoms with E-state index in [1.54, 1.807) is 12.1 Å². The third-order valence-corrected chi connectivity index (χ3v) is 5.35. The minimum Gasteiger partial charge on any atom is -0.479 e. The highest BCUT2D eigenvalue weighted by Gasteiger charge is 2.37. The number of rotatable bonds is 5. The largest absolute Gasteiger partial charge is 0.479 e. The summed E-state index contributed by atoms with van der Waals surface area (Å²) in [4.78, 5) is 11.2. The van der Waals surface area contributed by atoms with Gasteiger partial charge < -0.3 is 9.84 Å². The molecule has 0 unspecified atom stereocenters. The highest BCUT2D eigenvalue weighted by atomic mass is 32.2. The fourth-order valence-corrected chi connectivity index (χ4v) is 3.90. The summed E-state index contributed by atoms with van der Waals surface area (Å²) >= 11 is 0. The number of carbonyl (C=O) groups is 1. The average molecular weight is 311 g/mol. The van der Waals surface area contributed by atoms with Crippen molar-refractivity contribution in [3.8, 4) is 0 Å². The molecule has 2 aliphatic rings. The molecule has 0 amide bonds. The lowest BCUT2D eigenvalue weighted by Crippen LogP contribution is -2.43. The predicted molar refractivity (Wildman–Crippen MR) is 74.5 cm³/mol. The Balaban J connectivity index is 1.80. The van der Waals surface area contributed by atoms with Gasteiger partial charge in [-0.05, 0) is 42.9 Å². The standard InChI is InChI=1S/C14H17NO5S/c16-14(17)13-12(6-7-20-13)15-21(18,19)11-3-1-2-10(8-11)9-4-5-9/h1-3,8-9,12-13,15H,4-7H2,(H,16,17)/t12-,13+/m0/s1. The van der Waals surface area contributed by atoms with Gasteiger partial charge in [0.05, 0.1) is 10.9 Å². The molecule has 0 spiro atoms. The van der Waals surface area contributed by atoms with Crippen molar-refractivity contribution in [3.63, 3.8) is 0 Å². The van der Waals surface area contributed by atoms with Gasteiger partial charge in [-0.1, -0.05) is 12.1 Å². The first-order valence-electron chi connectivity index (χ1n) is 6.94. The summed E-state index contributed by atoms with van der Waals surface area (Å²) in [6.45, 7) is 0.242. The summed E-state index contributed by atoms with van der Waals surface area (Å²) in [5.41, 5.74) is 1.02. The molecule has 2 atom stereocenters. The van der Waals surface area contributed by atoms with Crippen molar-refractivity contribution in [2.24, 2.45) is 0 Å². The lowest BCUT2D eigenvalue weighted by molar-refractivity contribution is -0.147. The monoisotopic (exact) mass is 311 g/mol. The molecular formula is C14H17NO5S. The van der Waals surface area contributed by atoms with Gasteiger partial charge in [0.2, 0.25) is 10.0 Å². The first-order chi connectivity index (χ1) is 9.97. The van der Waals surface area contributed by atoms with Gasteiger partial charge in [-0.25, -0.2) is 17.9 Å². The van der Waals surface area contributed by atoms with Crippen molar-refractivity contribution in [1.82, 2.24) is 4.72 Å². The topological polar surface area (TPSA) is 92.7 Å². The Morgan fingerprint density at radius 2 is 2.05 bits per heavy atom. The Bertz CT molecular complexity index is 653. The molecule has 6 nitrogen and oxygen atoms in total. The first kappa shape index (κ1) is 14.5. The minimum absolute atomic E-state index is 0.183. The number of carboxylic acids is 1. The third kappa shape index (κ3) is 3.09. The Hall–Kier alpha value is -1.44. The van der Waals surface area contributed by atoms with Crippen LogP contribution in [-0.2, 0) is 19.6 Å². The Kier molecular flexibility index (Phi) is 3.73. The molecule has 3 rings (SSSR count). The van der Waals surface area contributed by atoms with Crippen LogP contribution in [0.5, 0.6) is 0 Å². The van der Waals surface area contributed by atoms with E-state index in [1.807, 2.05) is 6.07 Å². The van der Waals surface area contributed by atoms with E-state index >= 15 is 0 Å². The van der Waals surface area contributed by atoms with Crippen LogP contribution < -0.4 is 4.72 Å². The second-order valence-electron chi connectivity index (χ2n) is 5.49. The maximum atomic E-state index is 12.4. The van der Waals surface area contributed by atoms with Crippen LogP contribution in [0.4, 0.5) is 0 Å². The van der Waals surface area contributed by atoms with Crippen molar-refractivity contribution in [3.05, 3.63) is 29.8 Å². The van der Waals surface area contributed by atoms with Crippen LogP contribution in [0.3, 0.4) is 0 Å². The van der Waals surface area contributed by atoms with Gasteiger partial charge in [0.15, 0.2) is 6.10 Å². The zero-order chi connectivity index (χ0) is 15.0. The van der Waals surface area contributed by atoms with Crippen LogP contribution in [0, 0.1) is 0 Å². The Labute approximate surface area is 123 Å². The van der Waals surface area contributed by atoms with Gasteiger partial charge in [-0.2, -0.15) is 0 Å². The predicted octanol–water partition coefficient (Wildman–Crippen LogP) is 1.08. The van der Waals surface area contributed by atoms with E-state index < -0.39 is 28.1 Å². The number of aliphatic carboxylic acids is 1. The summed E-state index contributed by atoms with van der Waals surface area (Å²) in [5, 5.41) is 9.02. The molecule has 2 N–H and O–H groups in total. The number of ether oxygens (including phenoxy) is 1. The number of sulfonamides is 1. The van der Waals surface area contributed by atoms with Crippen molar-refractivity contribution >= 4 is 16.0 Å². The number of hydrogen-bond acceptors (Lipinski definition) is 4. The average Bonchev–Trinajstić information content (AvgIpc) is 3.19. The van der Waals surface area contributed by atoms with E-state index in [-0.39, 0.29) is 11.5 Å². The molecule has 1 saturated carbocycles. The second-order valence-corrected chi connectivity index (χ2v) is 7.21. The lowest BCUT2D eigenvalue weighted by Gasteiger charge is -2.16. The summed E-state index contributed by atoms with van der Waals surface area (Å²) in [5.74, 6) is -0.686. The molecule has 1 saturated heterocycles. The number of carboxylic acid groups (broad SMARTS) is 1. The van der Waals surface area contributed by atoms with Crippen molar-refractivity contribution < 1.29 is 23.1 Å². The minimum atomic E-state index is -3.73. The highest BCUT2D eigenvalue weighted by Crippen LogP contribution is 2.40. The third-order valence-electron chi connectivity index (χ3n) is 3.86. The van der Waals surface area contributed by atoms with E-state index in [2.05, 4.69) is 4.72 Å². The molecule has 1 aromatic rings. The second kappa shape index (κ2) is 5.40. The molecular weight excluding hydrogens is 294 g/mol. The molecule has 0 aromatic heterocycles.